The summed E-state index contributed by atoms with van der Waals surface area (Å²) in [5.74, 6) is 0.618. The summed E-state index contributed by atoms with van der Waals surface area (Å²) in [6, 6.07) is 7.18. The molecule has 0 aliphatic rings. The molecule has 0 aliphatic heterocycles. The van der Waals surface area contributed by atoms with Crippen LogP contribution >= 0.6 is 11.6 Å². The lowest BCUT2D eigenvalue weighted by atomic mass is 10.2. The van der Waals surface area contributed by atoms with Crippen LogP contribution in [0.3, 0.4) is 0 Å². The van der Waals surface area contributed by atoms with Gasteiger partial charge in [-0.05, 0) is 18.2 Å². The molecule has 0 bridgehead atoms. The van der Waals surface area contributed by atoms with E-state index in [0.29, 0.717) is 29.5 Å². The van der Waals surface area contributed by atoms with Gasteiger partial charge in [0.05, 0.1) is 13.2 Å². The molecule has 0 radical (unpaired) electrons. The average molecular weight is 253 g/mol. The molecule has 0 amide bonds. The molecule has 1 heterocycles. The molecule has 5 heteroatoms. The Bertz CT molecular complexity index is 471. The van der Waals surface area contributed by atoms with Gasteiger partial charge in [0.15, 0.2) is 0 Å². The maximum absolute atomic E-state index is 9.20. The van der Waals surface area contributed by atoms with E-state index in [1.807, 2.05) is 12.3 Å². The fourth-order valence-electron chi connectivity index (χ4n) is 1.51. The first-order valence-corrected chi connectivity index (χ1v) is 5.67. The number of hydrogen-bond acceptors (Lipinski definition) is 3. The molecule has 0 fully saturated rings. The summed E-state index contributed by atoms with van der Waals surface area (Å²) in [5, 5.41) is 13.8. The number of aliphatic hydroxyl groups is 1. The first-order valence-electron chi connectivity index (χ1n) is 5.29. The van der Waals surface area contributed by atoms with Crippen molar-refractivity contribution in [3.8, 4) is 5.75 Å². The molecular weight excluding hydrogens is 240 g/mol. The Kier molecular flexibility index (Phi) is 4.01. The lowest BCUT2D eigenvalue weighted by molar-refractivity contribution is 0.256. The topological polar surface area (TPSA) is 47.3 Å². The maximum Gasteiger partial charge on any atom is 0.126 e. The molecule has 1 N–H and O–H groups in total. The molecule has 0 unspecified atom stereocenters. The van der Waals surface area contributed by atoms with Crippen molar-refractivity contribution in [2.24, 2.45) is 0 Å². The zero-order valence-electron chi connectivity index (χ0n) is 9.21. The smallest absolute Gasteiger partial charge is 0.126 e. The molecule has 4 nitrogen and oxygen atoms in total. The number of halogens is 1. The van der Waals surface area contributed by atoms with Gasteiger partial charge in [-0.25, -0.2) is 0 Å². The van der Waals surface area contributed by atoms with Crippen molar-refractivity contribution in [2.75, 3.05) is 6.61 Å². The quantitative estimate of drug-likeness (QED) is 0.887. The minimum absolute atomic E-state index is 0.128. The van der Waals surface area contributed by atoms with Crippen molar-refractivity contribution < 1.29 is 9.84 Å². The van der Waals surface area contributed by atoms with Crippen LogP contribution in [0.25, 0.3) is 0 Å². The summed E-state index contributed by atoms with van der Waals surface area (Å²) in [4.78, 5) is 0. The van der Waals surface area contributed by atoms with Crippen LogP contribution in [0, 0.1) is 0 Å². The Morgan fingerprint density at radius 1 is 1.35 bits per heavy atom. The number of rotatable bonds is 5. The summed E-state index contributed by atoms with van der Waals surface area (Å²) in [7, 11) is 0. The van der Waals surface area contributed by atoms with Gasteiger partial charge in [-0.2, -0.15) is 5.10 Å². The molecule has 0 saturated heterocycles. The van der Waals surface area contributed by atoms with E-state index in [9.17, 15) is 5.11 Å². The summed E-state index contributed by atoms with van der Waals surface area (Å²) in [6.45, 7) is 1.01. The van der Waals surface area contributed by atoms with Gasteiger partial charge in [0.2, 0.25) is 0 Å². The third-order valence-corrected chi connectivity index (χ3v) is 2.73. The normalized spacial score (nSPS) is 10.5. The third kappa shape index (κ3) is 2.99. The second kappa shape index (κ2) is 5.70. The standard InChI is InChI=1S/C12H13ClN2O2/c13-11-3-1-4-12(10(11)9-16)17-8-7-15-6-2-5-14-15/h1-6,16H,7-9H2. The largest absolute Gasteiger partial charge is 0.491 e. The van der Waals surface area contributed by atoms with E-state index in [2.05, 4.69) is 5.10 Å². The molecule has 2 aromatic rings. The third-order valence-electron chi connectivity index (χ3n) is 2.37. The second-order valence-corrected chi connectivity index (χ2v) is 3.90. The van der Waals surface area contributed by atoms with Gasteiger partial charge < -0.3 is 9.84 Å². The fourth-order valence-corrected chi connectivity index (χ4v) is 1.74. The van der Waals surface area contributed by atoms with Gasteiger partial charge >= 0.3 is 0 Å². The molecule has 17 heavy (non-hydrogen) atoms. The Balaban J connectivity index is 1.97. The van der Waals surface area contributed by atoms with E-state index >= 15 is 0 Å². The van der Waals surface area contributed by atoms with Crippen molar-refractivity contribution in [1.29, 1.82) is 0 Å². The van der Waals surface area contributed by atoms with Crippen LogP contribution in [0.2, 0.25) is 5.02 Å². The van der Waals surface area contributed by atoms with Gasteiger partial charge in [0, 0.05) is 23.0 Å². The van der Waals surface area contributed by atoms with Crippen molar-refractivity contribution in [3.05, 3.63) is 47.2 Å². The molecule has 90 valence electrons. The molecule has 1 aromatic heterocycles. The highest BCUT2D eigenvalue weighted by Gasteiger charge is 2.06. The van der Waals surface area contributed by atoms with Crippen LogP contribution in [-0.2, 0) is 13.2 Å². The van der Waals surface area contributed by atoms with Crippen LogP contribution in [0.4, 0.5) is 0 Å². The number of benzene rings is 1. The van der Waals surface area contributed by atoms with E-state index in [1.165, 1.54) is 0 Å². The van der Waals surface area contributed by atoms with Gasteiger partial charge in [0.25, 0.3) is 0 Å². The number of hydrogen-bond donors (Lipinski definition) is 1. The highest BCUT2D eigenvalue weighted by molar-refractivity contribution is 6.31. The van der Waals surface area contributed by atoms with Crippen LogP contribution in [0.15, 0.2) is 36.7 Å². The lowest BCUT2D eigenvalue weighted by Gasteiger charge is -2.11. The second-order valence-electron chi connectivity index (χ2n) is 3.49. The molecule has 0 atom stereocenters. The van der Waals surface area contributed by atoms with Gasteiger partial charge in [-0.1, -0.05) is 17.7 Å². The number of nitrogens with zero attached hydrogens (tertiary/aromatic N) is 2. The predicted molar refractivity (Wildman–Crippen MR) is 65.1 cm³/mol. The lowest BCUT2D eigenvalue weighted by Crippen LogP contribution is -2.09. The SMILES string of the molecule is OCc1c(Cl)cccc1OCCn1cccn1. The highest BCUT2D eigenvalue weighted by Crippen LogP contribution is 2.26. The van der Waals surface area contributed by atoms with Gasteiger partial charge in [-0.15, -0.1) is 0 Å². The molecular formula is C12H13ClN2O2. The monoisotopic (exact) mass is 252 g/mol. The summed E-state index contributed by atoms with van der Waals surface area (Å²) in [6.07, 6.45) is 3.59. The number of aromatic nitrogens is 2. The Labute approximate surface area is 104 Å². The van der Waals surface area contributed by atoms with E-state index in [0.717, 1.165) is 0 Å². The number of aliphatic hydroxyl groups excluding tert-OH is 1. The zero-order valence-corrected chi connectivity index (χ0v) is 9.97. The first-order chi connectivity index (χ1) is 8.31. The molecule has 2 rings (SSSR count). The minimum Gasteiger partial charge on any atom is -0.491 e. The predicted octanol–water partition coefficient (Wildman–Crippen LogP) is 2.11. The Morgan fingerprint density at radius 2 is 2.24 bits per heavy atom. The summed E-state index contributed by atoms with van der Waals surface area (Å²) >= 11 is 5.95. The zero-order chi connectivity index (χ0) is 12.1. The fraction of sp³-hybridized carbons (Fsp3) is 0.250. The highest BCUT2D eigenvalue weighted by atomic mass is 35.5. The molecule has 0 spiro atoms. The van der Waals surface area contributed by atoms with E-state index in [-0.39, 0.29) is 6.61 Å². The van der Waals surface area contributed by atoms with Crippen molar-refractivity contribution >= 4 is 11.6 Å². The van der Waals surface area contributed by atoms with Crippen LogP contribution < -0.4 is 4.74 Å². The maximum atomic E-state index is 9.20. The molecule has 0 aliphatic carbocycles. The molecule has 0 saturated carbocycles. The number of ether oxygens (including phenoxy) is 1. The Hall–Kier alpha value is -1.52. The molecule has 1 aromatic carbocycles. The van der Waals surface area contributed by atoms with E-state index in [1.54, 1.807) is 29.1 Å². The van der Waals surface area contributed by atoms with Crippen LogP contribution in [0.5, 0.6) is 5.75 Å². The first kappa shape index (κ1) is 12.0. The van der Waals surface area contributed by atoms with Gasteiger partial charge in [-0.3, -0.25) is 4.68 Å². The van der Waals surface area contributed by atoms with Crippen LogP contribution in [-0.4, -0.2) is 21.5 Å². The van der Waals surface area contributed by atoms with Crippen molar-refractivity contribution in [2.45, 2.75) is 13.2 Å². The van der Waals surface area contributed by atoms with E-state index in [4.69, 9.17) is 16.3 Å². The van der Waals surface area contributed by atoms with Crippen molar-refractivity contribution in [1.82, 2.24) is 9.78 Å². The minimum atomic E-state index is -0.128. The summed E-state index contributed by atoms with van der Waals surface area (Å²) < 4.78 is 7.36. The Morgan fingerprint density at radius 3 is 2.94 bits per heavy atom. The average Bonchev–Trinajstić information content (AvgIpc) is 2.82. The van der Waals surface area contributed by atoms with Crippen molar-refractivity contribution in [3.63, 3.8) is 0 Å². The summed E-state index contributed by atoms with van der Waals surface area (Å²) in [5.41, 5.74) is 0.620. The van der Waals surface area contributed by atoms with Crippen LogP contribution in [0.1, 0.15) is 5.56 Å². The van der Waals surface area contributed by atoms with E-state index < -0.39 is 0 Å². The van der Waals surface area contributed by atoms with Gasteiger partial charge in [0.1, 0.15) is 12.4 Å².